The van der Waals surface area contributed by atoms with Crippen molar-refractivity contribution in [3.8, 4) is 11.3 Å². The lowest BCUT2D eigenvalue weighted by Gasteiger charge is -2.27. The fourth-order valence-corrected chi connectivity index (χ4v) is 5.49. The van der Waals surface area contributed by atoms with Gasteiger partial charge in [0, 0.05) is 54.6 Å². The molecule has 1 saturated heterocycles. The number of nitrogens with one attached hydrogen (secondary N) is 3. The molecule has 0 saturated carbocycles. The van der Waals surface area contributed by atoms with E-state index >= 15 is 0 Å². The zero-order chi connectivity index (χ0) is 28.7. The predicted octanol–water partition coefficient (Wildman–Crippen LogP) is 4.66. The van der Waals surface area contributed by atoms with Gasteiger partial charge in [0.1, 0.15) is 12.0 Å². The number of benzene rings is 2. The highest BCUT2D eigenvalue weighted by Crippen LogP contribution is 2.34. The second kappa shape index (κ2) is 10.7. The molecule has 0 aliphatic carbocycles. The Hall–Kier alpha value is -4.15. The van der Waals surface area contributed by atoms with Gasteiger partial charge in [-0.2, -0.15) is 4.98 Å². The van der Waals surface area contributed by atoms with Crippen molar-refractivity contribution >= 4 is 27.8 Å². The summed E-state index contributed by atoms with van der Waals surface area (Å²) in [5.41, 5.74) is 6.78. The van der Waals surface area contributed by atoms with Crippen LogP contribution in [0.2, 0.25) is 0 Å². The Morgan fingerprint density at radius 3 is 2.66 bits per heavy atom. The van der Waals surface area contributed by atoms with E-state index in [0.29, 0.717) is 5.82 Å². The molecule has 1 aliphatic rings. The highest BCUT2D eigenvalue weighted by molar-refractivity contribution is 6.12. The summed E-state index contributed by atoms with van der Waals surface area (Å²) < 4.78 is 5.22. The number of carbonyl (C=O) groups excluding carboxylic acids is 1. The Kier molecular flexibility index (Phi) is 7.04. The molecule has 0 unspecified atom stereocenters. The first kappa shape index (κ1) is 27.0. The van der Waals surface area contributed by atoms with Crippen LogP contribution in [0.1, 0.15) is 66.9 Å². The number of piperazine rings is 1. The molecule has 41 heavy (non-hydrogen) atoms. The van der Waals surface area contributed by atoms with Crippen LogP contribution in [0.3, 0.4) is 0 Å². The van der Waals surface area contributed by atoms with E-state index in [-0.39, 0.29) is 17.3 Å². The summed E-state index contributed by atoms with van der Waals surface area (Å²) in [7, 11) is 0. The molecular formula is C31H36N8O2. The minimum Gasteiger partial charge on any atom is -0.341 e. The van der Waals surface area contributed by atoms with Crippen molar-refractivity contribution in [2.75, 3.05) is 26.2 Å². The summed E-state index contributed by atoms with van der Waals surface area (Å²) >= 11 is 0. The Morgan fingerprint density at radius 2 is 1.93 bits per heavy atom. The number of nitrogens with zero attached hydrogens (tertiary/aromatic N) is 5. The van der Waals surface area contributed by atoms with Crippen molar-refractivity contribution in [3.63, 3.8) is 0 Å². The van der Waals surface area contributed by atoms with E-state index in [9.17, 15) is 4.79 Å². The van der Waals surface area contributed by atoms with Crippen molar-refractivity contribution in [2.24, 2.45) is 0 Å². The number of hydrogen-bond donors (Lipinski definition) is 3. The molecule has 5 aromatic rings. The highest BCUT2D eigenvalue weighted by atomic mass is 16.5. The average Bonchev–Trinajstić information content (AvgIpc) is 3.59. The summed E-state index contributed by atoms with van der Waals surface area (Å²) in [5, 5.41) is 12.5. The number of hydrogen-bond acceptors (Lipinski definition) is 8. The van der Waals surface area contributed by atoms with Gasteiger partial charge >= 0.3 is 11.8 Å². The van der Waals surface area contributed by atoms with Gasteiger partial charge in [-0.25, -0.2) is 9.97 Å². The van der Waals surface area contributed by atoms with Crippen LogP contribution < -0.4 is 10.6 Å². The second-order valence-corrected chi connectivity index (χ2v) is 11.9. The minimum absolute atomic E-state index is 0.0325. The molecule has 10 nitrogen and oxygen atoms in total. The maximum Gasteiger partial charge on any atom is 0.315 e. The lowest BCUT2D eigenvalue weighted by molar-refractivity contribution is 0.0895. The number of carbonyl (C=O) groups is 1. The normalized spacial score (nSPS) is 15.4. The molecule has 3 N–H and O–H groups in total. The summed E-state index contributed by atoms with van der Waals surface area (Å²) in [6.45, 7) is 15.0. The van der Waals surface area contributed by atoms with Gasteiger partial charge in [0.25, 0.3) is 0 Å². The van der Waals surface area contributed by atoms with E-state index in [2.05, 4.69) is 66.0 Å². The van der Waals surface area contributed by atoms with Gasteiger partial charge in [-0.15, -0.1) is 0 Å². The number of H-pyrrole nitrogens is 1. The van der Waals surface area contributed by atoms with Crippen LogP contribution in [0.4, 0.5) is 0 Å². The molecule has 212 valence electrons. The van der Waals surface area contributed by atoms with Crippen molar-refractivity contribution in [1.82, 2.24) is 40.6 Å². The maximum atomic E-state index is 12.8. The molecule has 1 amide bonds. The van der Waals surface area contributed by atoms with Crippen LogP contribution >= 0.6 is 0 Å². The first-order valence-corrected chi connectivity index (χ1v) is 14.1. The minimum atomic E-state index is -0.392. The summed E-state index contributed by atoms with van der Waals surface area (Å²) in [6, 6.07) is 12.6. The number of aromatic amines is 1. The fourth-order valence-electron chi connectivity index (χ4n) is 5.49. The second-order valence-electron chi connectivity index (χ2n) is 11.9. The summed E-state index contributed by atoms with van der Waals surface area (Å²) in [5.74, 6) is 0.0755. The van der Waals surface area contributed by atoms with Crippen LogP contribution in [0, 0.1) is 6.92 Å². The third-order valence-electron chi connectivity index (χ3n) is 7.72. The Bertz CT molecular complexity index is 1730. The quantitative estimate of drug-likeness (QED) is 0.278. The SMILES string of the molecule is Cc1cc(-c2ncnc3[nH]c4cc(CN5CCNCC5)ccc4c23)ccc1[C@@H](C)NC(=O)c1nc(C(C)(C)C)no1. The van der Waals surface area contributed by atoms with Gasteiger partial charge in [-0.3, -0.25) is 9.69 Å². The number of rotatable bonds is 6. The molecule has 0 spiro atoms. The first-order valence-electron chi connectivity index (χ1n) is 14.1. The molecule has 1 fully saturated rings. The molecular weight excluding hydrogens is 516 g/mol. The fraction of sp³-hybridized carbons (Fsp3) is 0.387. The topological polar surface area (TPSA) is 125 Å². The standard InChI is InChI=1S/C31H36N8O2/c1-18-14-21(7-9-22(18)19(2)35-28(40)29-37-30(38-41-29)31(3,4)5)26-25-23-8-6-20(16-39-12-10-32-11-13-39)15-24(23)36-27(25)34-17-33-26/h6-9,14-15,17,19,32H,10-13,16H2,1-5H3,(H,35,40)(H,33,34,36)/t19-/m1/s1. The van der Waals surface area contributed by atoms with Crippen molar-refractivity contribution in [3.05, 3.63) is 71.1 Å². The summed E-state index contributed by atoms with van der Waals surface area (Å²) in [4.78, 5) is 32.3. The monoisotopic (exact) mass is 552 g/mol. The zero-order valence-electron chi connectivity index (χ0n) is 24.2. The predicted molar refractivity (Wildman–Crippen MR) is 159 cm³/mol. The van der Waals surface area contributed by atoms with Gasteiger partial charge in [-0.05, 0) is 42.7 Å². The van der Waals surface area contributed by atoms with E-state index in [1.54, 1.807) is 6.33 Å². The average molecular weight is 553 g/mol. The van der Waals surface area contributed by atoms with E-state index < -0.39 is 5.91 Å². The van der Waals surface area contributed by atoms with E-state index in [4.69, 9.17) is 9.51 Å². The van der Waals surface area contributed by atoms with Crippen LogP contribution in [0.15, 0.2) is 47.2 Å². The maximum absolute atomic E-state index is 12.8. The van der Waals surface area contributed by atoms with E-state index in [1.807, 2.05) is 40.7 Å². The molecule has 0 bridgehead atoms. The summed E-state index contributed by atoms with van der Waals surface area (Å²) in [6.07, 6.45) is 1.61. The molecule has 0 radical (unpaired) electrons. The lowest BCUT2D eigenvalue weighted by atomic mass is 9.96. The lowest BCUT2D eigenvalue weighted by Crippen LogP contribution is -2.42. The third kappa shape index (κ3) is 5.45. The van der Waals surface area contributed by atoms with Gasteiger partial charge in [0.05, 0.1) is 17.1 Å². The van der Waals surface area contributed by atoms with Gasteiger partial charge in [0.2, 0.25) is 0 Å². The molecule has 1 atom stereocenters. The van der Waals surface area contributed by atoms with Crippen molar-refractivity contribution in [2.45, 2.75) is 52.6 Å². The van der Waals surface area contributed by atoms with E-state index in [1.165, 1.54) is 5.56 Å². The number of aromatic nitrogens is 5. The van der Waals surface area contributed by atoms with Crippen molar-refractivity contribution < 1.29 is 9.32 Å². The molecule has 10 heteroatoms. The Morgan fingerprint density at radius 1 is 1.12 bits per heavy atom. The zero-order valence-corrected chi connectivity index (χ0v) is 24.2. The smallest absolute Gasteiger partial charge is 0.315 e. The van der Waals surface area contributed by atoms with Gasteiger partial charge in [-0.1, -0.05) is 50.2 Å². The molecule has 4 heterocycles. The van der Waals surface area contributed by atoms with E-state index in [0.717, 1.165) is 77.0 Å². The Balaban J connectivity index is 1.25. The van der Waals surface area contributed by atoms with Crippen LogP contribution in [-0.2, 0) is 12.0 Å². The van der Waals surface area contributed by atoms with Gasteiger partial charge < -0.3 is 20.1 Å². The highest BCUT2D eigenvalue weighted by Gasteiger charge is 2.25. The first-order chi connectivity index (χ1) is 19.7. The van der Waals surface area contributed by atoms with Gasteiger partial charge in [0.15, 0.2) is 5.82 Å². The van der Waals surface area contributed by atoms with Crippen LogP contribution in [-0.4, -0.2) is 62.1 Å². The molecule has 6 rings (SSSR count). The Labute approximate surface area is 239 Å². The molecule has 3 aromatic heterocycles. The third-order valence-corrected chi connectivity index (χ3v) is 7.72. The largest absolute Gasteiger partial charge is 0.341 e. The molecule has 1 aliphatic heterocycles. The number of aryl methyl sites for hydroxylation is 1. The molecule has 2 aromatic carbocycles. The van der Waals surface area contributed by atoms with Crippen LogP contribution in [0.5, 0.6) is 0 Å². The number of amides is 1. The van der Waals surface area contributed by atoms with Crippen molar-refractivity contribution in [1.29, 1.82) is 0 Å². The van der Waals surface area contributed by atoms with Crippen LogP contribution in [0.25, 0.3) is 33.2 Å². The number of fused-ring (bicyclic) bond motifs is 3.